The van der Waals surface area contributed by atoms with Gasteiger partial charge in [0.25, 0.3) is 0 Å². The average molecular weight is 229 g/mol. The fourth-order valence-corrected chi connectivity index (χ4v) is 1.97. The van der Waals surface area contributed by atoms with Crippen molar-refractivity contribution in [3.8, 4) is 6.07 Å². The number of aromatic nitrogens is 3. The quantitative estimate of drug-likeness (QED) is 0.844. The third kappa shape index (κ3) is 1.78. The van der Waals surface area contributed by atoms with E-state index in [0.717, 1.165) is 16.8 Å². The van der Waals surface area contributed by atoms with Gasteiger partial charge in [-0.3, -0.25) is 4.68 Å². The van der Waals surface area contributed by atoms with Crippen LogP contribution in [0.2, 0.25) is 0 Å². The lowest BCUT2D eigenvalue weighted by Crippen LogP contribution is -2.05. The first-order valence-corrected chi connectivity index (χ1v) is 5.37. The second-order valence-corrected chi connectivity index (χ2v) is 4.19. The number of hydrogen-bond donors (Lipinski definition) is 1. The van der Waals surface area contributed by atoms with Crippen molar-refractivity contribution in [2.24, 2.45) is 7.05 Å². The van der Waals surface area contributed by atoms with Gasteiger partial charge in [-0.1, -0.05) is 0 Å². The standard InChI is InChI=1S/C12H15N5/c1-8-9(2)17(12(14)11(8)4-13)7-10-5-15-16(3)6-10/h5-6H,7,14H2,1-3H3. The van der Waals surface area contributed by atoms with E-state index < -0.39 is 0 Å². The van der Waals surface area contributed by atoms with Crippen LogP contribution in [0.1, 0.15) is 22.4 Å². The molecule has 17 heavy (non-hydrogen) atoms. The zero-order chi connectivity index (χ0) is 12.6. The minimum Gasteiger partial charge on any atom is -0.384 e. The molecule has 0 unspecified atom stereocenters. The van der Waals surface area contributed by atoms with Gasteiger partial charge in [0.1, 0.15) is 11.9 Å². The van der Waals surface area contributed by atoms with Crippen LogP contribution in [0.4, 0.5) is 5.82 Å². The van der Waals surface area contributed by atoms with Crippen LogP contribution in [0, 0.1) is 25.2 Å². The summed E-state index contributed by atoms with van der Waals surface area (Å²) in [5.74, 6) is 0.534. The van der Waals surface area contributed by atoms with E-state index in [0.29, 0.717) is 17.9 Å². The number of nitrogens with two attached hydrogens (primary N) is 1. The van der Waals surface area contributed by atoms with E-state index in [4.69, 9.17) is 11.0 Å². The lowest BCUT2D eigenvalue weighted by atomic mass is 10.2. The van der Waals surface area contributed by atoms with Gasteiger partial charge in [-0.2, -0.15) is 10.4 Å². The van der Waals surface area contributed by atoms with Crippen molar-refractivity contribution in [2.75, 3.05) is 5.73 Å². The third-order valence-corrected chi connectivity index (χ3v) is 3.08. The van der Waals surface area contributed by atoms with Gasteiger partial charge in [-0.05, 0) is 19.4 Å². The van der Waals surface area contributed by atoms with Crippen LogP contribution in [-0.2, 0) is 13.6 Å². The summed E-state index contributed by atoms with van der Waals surface area (Å²) < 4.78 is 3.70. The number of nitrogens with zero attached hydrogens (tertiary/aromatic N) is 4. The summed E-state index contributed by atoms with van der Waals surface area (Å²) in [5.41, 5.74) is 9.61. The van der Waals surface area contributed by atoms with E-state index in [1.807, 2.05) is 31.7 Å². The largest absolute Gasteiger partial charge is 0.384 e. The Morgan fingerprint density at radius 1 is 1.47 bits per heavy atom. The highest BCUT2D eigenvalue weighted by atomic mass is 15.2. The Morgan fingerprint density at radius 3 is 2.65 bits per heavy atom. The lowest BCUT2D eigenvalue weighted by Gasteiger charge is -2.06. The number of anilines is 1. The monoisotopic (exact) mass is 229 g/mol. The highest BCUT2D eigenvalue weighted by molar-refractivity contribution is 5.58. The Labute approximate surface area is 100 Å². The van der Waals surface area contributed by atoms with E-state index >= 15 is 0 Å². The maximum absolute atomic E-state index is 9.05. The number of rotatable bonds is 2. The fraction of sp³-hybridized carbons (Fsp3) is 0.333. The van der Waals surface area contributed by atoms with Gasteiger partial charge in [0.05, 0.1) is 18.3 Å². The van der Waals surface area contributed by atoms with E-state index in [1.165, 1.54) is 0 Å². The molecule has 0 aliphatic carbocycles. The molecule has 0 saturated heterocycles. The fourth-order valence-electron chi connectivity index (χ4n) is 1.97. The van der Waals surface area contributed by atoms with Crippen molar-refractivity contribution in [1.82, 2.24) is 14.3 Å². The van der Waals surface area contributed by atoms with Gasteiger partial charge in [-0.25, -0.2) is 0 Å². The molecular weight excluding hydrogens is 214 g/mol. The van der Waals surface area contributed by atoms with Crippen molar-refractivity contribution in [2.45, 2.75) is 20.4 Å². The van der Waals surface area contributed by atoms with Crippen molar-refractivity contribution in [3.05, 3.63) is 34.8 Å². The summed E-state index contributed by atoms with van der Waals surface area (Å²) in [6.45, 7) is 4.54. The Kier molecular flexibility index (Phi) is 2.64. The SMILES string of the molecule is Cc1c(C#N)c(N)n(Cc2cnn(C)c2)c1C. The molecule has 0 fully saturated rings. The molecule has 5 nitrogen and oxygen atoms in total. The first kappa shape index (κ1) is 11.3. The van der Waals surface area contributed by atoms with Gasteiger partial charge in [0, 0.05) is 24.5 Å². The second kappa shape index (κ2) is 3.98. The smallest absolute Gasteiger partial charge is 0.122 e. The zero-order valence-electron chi connectivity index (χ0n) is 10.2. The highest BCUT2D eigenvalue weighted by Gasteiger charge is 2.15. The van der Waals surface area contributed by atoms with Crippen molar-refractivity contribution in [3.63, 3.8) is 0 Å². The average Bonchev–Trinajstić information content (AvgIpc) is 2.78. The molecule has 2 N–H and O–H groups in total. The van der Waals surface area contributed by atoms with Crippen LogP contribution >= 0.6 is 0 Å². The maximum Gasteiger partial charge on any atom is 0.122 e. The molecule has 0 atom stereocenters. The summed E-state index contributed by atoms with van der Waals surface area (Å²) in [6, 6.07) is 2.15. The Morgan fingerprint density at radius 2 is 2.18 bits per heavy atom. The van der Waals surface area contributed by atoms with E-state index in [1.54, 1.807) is 10.9 Å². The van der Waals surface area contributed by atoms with Gasteiger partial charge < -0.3 is 10.3 Å². The molecule has 0 bridgehead atoms. The van der Waals surface area contributed by atoms with E-state index in [-0.39, 0.29) is 0 Å². The first-order chi connectivity index (χ1) is 8.04. The molecule has 88 valence electrons. The zero-order valence-corrected chi connectivity index (χ0v) is 10.2. The molecule has 0 amide bonds. The molecule has 5 heteroatoms. The van der Waals surface area contributed by atoms with Crippen LogP contribution in [0.3, 0.4) is 0 Å². The summed E-state index contributed by atoms with van der Waals surface area (Å²) in [4.78, 5) is 0. The summed E-state index contributed by atoms with van der Waals surface area (Å²) in [6.07, 6.45) is 3.75. The third-order valence-electron chi connectivity index (χ3n) is 3.08. The van der Waals surface area contributed by atoms with Gasteiger partial charge >= 0.3 is 0 Å². The molecular formula is C12H15N5. The topological polar surface area (TPSA) is 72.6 Å². The summed E-state index contributed by atoms with van der Waals surface area (Å²) in [7, 11) is 1.88. The summed E-state index contributed by atoms with van der Waals surface area (Å²) >= 11 is 0. The van der Waals surface area contributed by atoms with Crippen LogP contribution in [-0.4, -0.2) is 14.3 Å². The number of nitriles is 1. The highest BCUT2D eigenvalue weighted by Crippen LogP contribution is 2.24. The van der Waals surface area contributed by atoms with Crippen LogP contribution in [0.25, 0.3) is 0 Å². The minimum absolute atomic E-state index is 0.534. The van der Waals surface area contributed by atoms with Gasteiger partial charge in [0.2, 0.25) is 0 Å². The van der Waals surface area contributed by atoms with E-state index in [2.05, 4.69) is 11.2 Å². The lowest BCUT2D eigenvalue weighted by molar-refractivity contribution is 0.760. The van der Waals surface area contributed by atoms with Gasteiger partial charge in [-0.15, -0.1) is 0 Å². The normalized spacial score (nSPS) is 10.5. The molecule has 2 aromatic rings. The molecule has 2 rings (SSSR count). The molecule has 2 aromatic heterocycles. The molecule has 0 aromatic carbocycles. The van der Waals surface area contributed by atoms with Crippen LogP contribution in [0.15, 0.2) is 12.4 Å². The molecule has 0 aliphatic heterocycles. The van der Waals surface area contributed by atoms with Crippen LogP contribution < -0.4 is 5.73 Å². The molecule has 0 radical (unpaired) electrons. The summed E-state index contributed by atoms with van der Waals surface area (Å²) in [5, 5.41) is 13.2. The predicted molar refractivity (Wildman–Crippen MR) is 65.3 cm³/mol. The van der Waals surface area contributed by atoms with Crippen molar-refractivity contribution < 1.29 is 0 Å². The molecule has 2 heterocycles. The van der Waals surface area contributed by atoms with Crippen molar-refractivity contribution >= 4 is 5.82 Å². The van der Waals surface area contributed by atoms with Crippen molar-refractivity contribution in [1.29, 1.82) is 5.26 Å². The number of hydrogen-bond acceptors (Lipinski definition) is 3. The second-order valence-electron chi connectivity index (χ2n) is 4.19. The molecule has 0 saturated carbocycles. The number of nitrogen functional groups attached to an aromatic ring is 1. The predicted octanol–water partition coefficient (Wildman–Crippen LogP) is 1.34. The first-order valence-electron chi connectivity index (χ1n) is 5.37. The molecule has 0 aliphatic rings. The maximum atomic E-state index is 9.05. The number of aryl methyl sites for hydroxylation is 1. The Hall–Kier alpha value is -2.22. The Balaban J connectivity index is 2.44. The van der Waals surface area contributed by atoms with Gasteiger partial charge in [0.15, 0.2) is 0 Å². The minimum atomic E-state index is 0.534. The molecule has 0 spiro atoms. The van der Waals surface area contributed by atoms with Crippen LogP contribution in [0.5, 0.6) is 0 Å². The van der Waals surface area contributed by atoms with E-state index in [9.17, 15) is 0 Å². The Bertz CT molecular complexity index is 597.